The zero-order chi connectivity index (χ0) is 18.9. The van der Waals surface area contributed by atoms with E-state index in [1.165, 1.54) is 0 Å². The highest BCUT2D eigenvalue weighted by Crippen LogP contribution is 2.28. The van der Waals surface area contributed by atoms with Crippen LogP contribution in [0.25, 0.3) is 33.3 Å². The van der Waals surface area contributed by atoms with Gasteiger partial charge in [0.05, 0.1) is 29.6 Å². The number of rotatable bonds is 6. The number of benzene rings is 1. The van der Waals surface area contributed by atoms with E-state index in [0.29, 0.717) is 5.82 Å². The van der Waals surface area contributed by atoms with Gasteiger partial charge in [0.25, 0.3) is 0 Å². The molecular weight excluding hydrogens is 354 g/mol. The minimum atomic E-state index is 0.653. The summed E-state index contributed by atoms with van der Waals surface area (Å²) in [6.07, 6.45) is 10.1. The normalized spacial score (nSPS) is 11.5. The predicted octanol–water partition coefficient (Wildman–Crippen LogP) is 2.61. The Morgan fingerprint density at radius 1 is 1.14 bits per heavy atom. The molecule has 0 aliphatic rings. The summed E-state index contributed by atoms with van der Waals surface area (Å²) in [5, 5.41) is 16.9. The Hall–Kier alpha value is -3.75. The molecule has 0 fully saturated rings. The summed E-state index contributed by atoms with van der Waals surface area (Å²) in [6.45, 7) is 1.68. The van der Waals surface area contributed by atoms with Crippen molar-refractivity contribution in [1.29, 1.82) is 0 Å². The SMILES string of the molecule is Cn1ncc2c(NCCCn3ccnc3)nc(-c3cccc4[nH]ncc34)nc21. The molecule has 2 N–H and O–H groups in total. The average Bonchev–Trinajstić information content (AvgIpc) is 3.46. The van der Waals surface area contributed by atoms with Gasteiger partial charge in [0.15, 0.2) is 11.5 Å². The van der Waals surface area contributed by atoms with Gasteiger partial charge in [0.1, 0.15) is 5.82 Å². The van der Waals surface area contributed by atoms with Gasteiger partial charge >= 0.3 is 0 Å². The first-order chi connectivity index (χ1) is 13.8. The molecule has 1 aromatic carbocycles. The molecule has 0 unspecified atom stereocenters. The summed E-state index contributed by atoms with van der Waals surface area (Å²) < 4.78 is 3.83. The number of aromatic amines is 1. The number of nitrogens with one attached hydrogen (secondary N) is 2. The number of anilines is 1. The first kappa shape index (κ1) is 16.4. The molecule has 5 aromatic rings. The molecule has 9 heteroatoms. The number of aromatic nitrogens is 8. The quantitative estimate of drug-likeness (QED) is 0.444. The van der Waals surface area contributed by atoms with Crippen molar-refractivity contribution in [2.24, 2.45) is 7.05 Å². The molecule has 0 amide bonds. The van der Waals surface area contributed by atoms with E-state index in [-0.39, 0.29) is 0 Å². The third kappa shape index (κ3) is 2.86. The van der Waals surface area contributed by atoms with Crippen LogP contribution in [0.15, 0.2) is 49.3 Å². The van der Waals surface area contributed by atoms with Crippen LogP contribution in [0.4, 0.5) is 5.82 Å². The van der Waals surface area contributed by atoms with Gasteiger partial charge in [0, 0.05) is 43.5 Å². The van der Waals surface area contributed by atoms with Crippen LogP contribution in [0.1, 0.15) is 6.42 Å². The molecule has 0 radical (unpaired) electrons. The summed E-state index contributed by atoms with van der Waals surface area (Å²) in [6, 6.07) is 5.98. The molecular formula is C19H19N9. The van der Waals surface area contributed by atoms with E-state index in [4.69, 9.17) is 9.97 Å². The Balaban J connectivity index is 1.49. The van der Waals surface area contributed by atoms with Crippen LogP contribution in [-0.2, 0) is 13.6 Å². The van der Waals surface area contributed by atoms with E-state index in [2.05, 4.69) is 30.2 Å². The lowest BCUT2D eigenvalue weighted by Crippen LogP contribution is -2.08. The second-order valence-electron chi connectivity index (χ2n) is 6.62. The van der Waals surface area contributed by atoms with Crippen LogP contribution in [0.3, 0.4) is 0 Å². The number of imidazole rings is 1. The van der Waals surface area contributed by atoms with E-state index < -0.39 is 0 Å². The van der Waals surface area contributed by atoms with E-state index >= 15 is 0 Å². The fraction of sp³-hybridized carbons (Fsp3) is 0.211. The Morgan fingerprint density at radius 2 is 2.11 bits per heavy atom. The lowest BCUT2D eigenvalue weighted by atomic mass is 10.1. The molecule has 4 aromatic heterocycles. The average molecular weight is 373 g/mol. The number of fused-ring (bicyclic) bond motifs is 2. The second kappa shape index (κ2) is 6.76. The van der Waals surface area contributed by atoms with E-state index in [1.807, 2.05) is 37.8 Å². The lowest BCUT2D eigenvalue weighted by Gasteiger charge is -2.10. The van der Waals surface area contributed by atoms with E-state index in [9.17, 15) is 0 Å². The molecule has 5 rings (SSSR count). The molecule has 28 heavy (non-hydrogen) atoms. The van der Waals surface area contributed by atoms with Gasteiger partial charge in [-0.1, -0.05) is 12.1 Å². The highest BCUT2D eigenvalue weighted by atomic mass is 15.3. The molecule has 0 saturated heterocycles. The third-order valence-corrected chi connectivity index (χ3v) is 4.76. The molecule has 0 aliphatic carbocycles. The molecule has 140 valence electrons. The number of hydrogen-bond acceptors (Lipinski definition) is 6. The van der Waals surface area contributed by atoms with Crippen LogP contribution in [0, 0.1) is 0 Å². The Kier molecular flexibility index (Phi) is 3.97. The maximum Gasteiger partial charge on any atom is 0.164 e. The van der Waals surface area contributed by atoms with E-state index in [0.717, 1.165) is 52.8 Å². The Morgan fingerprint density at radius 3 is 3.00 bits per heavy atom. The molecule has 9 nitrogen and oxygen atoms in total. The summed E-state index contributed by atoms with van der Waals surface area (Å²) in [4.78, 5) is 13.6. The number of aryl methyl sites for hydroxylation is 2. The second-order valence-corrected chi connectivity index (χ2v) is 6.62. The number of hydrogen-bond donors (Lipinski definition) is 2. The van der Waals surface area contributed by atoms with Crippen LogP contribution in [0.2, 0.25) is 0 Å². The zero-order valence-corrected chi connectivity index (χ0v) is 15.4. The van der Waals surface area contributed by atoms with Crippen molar-refractivity contribution in [2.45, 2.75) is 13.0 Å². The van der Waals surface area contributed by atoms with Crippen molar-refractivity contribution in [2.75, 3.05) is 11.9 Å². The van der Waals surface area contributed by atoms with Crippen LogP contribution >= 0.6 is 0 Å². The van der Waals surface area contributed by atoms with Crippen molar-refractivity contribution >= 4 is 27.8 Å². The van der Waals surface area contributed by atoms with Gasteiger partial charge < -0.3 is 9.88 Å². The highest BCUT2D eigenvalue weighted by molar-refractivity contribution is 5.95. The van der Waals surface area contributed by atoms with Crippen molar-refractivity contribution < 1.29 is 0 Å². The lowest BCUT2D eigenvalue weighted by molar-refractivity contribution is 0.660. The van der Waals surface area contributed by atoms with Crippen LogP contribution in [-0.4, -0.2) is 46.0 Å². The fourth-order valence-electron chi connectivity index (χ4n) is 3.33. The topological polar surface area (TPSA) is 102 Å². The van der Waals surface area contributed by atoms with Crippen molar-refractivity contribution in [3.63, 3.8) is 0 Å². The molecule has 0 spiro atoms. The zero-order valence-electron chi connectivity index (χ0n) is 15.4. The fourth-order valence-corrected chi connectivity index (χ4v) is 3.33. The minimum Gasteiger partial charge on any atom is -0.369 e. The molecule has 0 aliphatic heterocycles. The summed E-state index contributed by atoms with van der Waals surface area (Å²) in [5.41, 5.74) is 2.69. The highest BCUT2D eigenvalue weighted by Gasteiger charge is 2.15. The summed E-state index contributed by atoms with van der Waals surface area (Å²) in [5.74, 6) is 1.44. The standard InChI is InChI=1S/C19H19N9/c1-27-19-15(11-23-27)17(21-6-3-8-28-9-7-20-12-28)24-18(25-19)13-4-2-5-16-14(13)10-22-26-16/h2,4-5,7,9-12H,3,6,8H2,1H3,(H,22,26)(H,21,24,25). The number of nitrogens with zero attached hydrogens (tertiary/aromatic N) is 7. The first-order valence-electron chi connectivity index (χ1n) is 9.11. The largest absolute Gasteiger partial charge is 0.369 e. The van der Waals surface area contributed by atoms with Crippen molar-refractivity contribution in [3.05, 3.63) is 49.3 Å². The number of H-pyrrole nitrogens is 1. The van der Waals surface area contributed by atoms with Gasteiger partial charge in [0.2, 0.25) is 0 Å². The van der Waals surface area contributed by atoms with Crippen LogP contribution in [0.5, 0.6) is 0 Å². The minimum absolute atomic E-state index is 0.653. The molecule has 4 heterocycles. The molecule has 0 atom stereocenters. The van der Waals surface area contributed by atoms with Gasteiger partial charge in [-0.25, -0.2) is 15.0 Å². The van der Waals surface area contributed by atoms with E-state index in [1.54, 1.807) is 23.3 Å². The third-order valence-electron chi connectivity index (χ3n) is 4.76. The van der Waals surface area contributed by atoms with Gasteiger partial charge in [-0.2, -0.15) is 10.2 Å². The molecule has 0 bridgehead atoms. The first-order valence-corrected chi connectivity index (χ1v) is 9.11. The Labute approximate surface area is 160 Å². The summed E-state index contributed by atoms with van der Waals surface area (Å²) >= 11 is 0. The van der Waals surface area contributed by atoms with Gasteiger partial charge in [-0.15, -0.1) is 0 Å². The van der Waals surface area contributed by atoms with Crippen molar-refractivity contribution in [3.8, 4) is 11.4 Å². The Bertz CT molecular complexity index is 1230. The van der Waals surface area contributed by atoms with Crippen molar-refractivity contribution in [1.82, 2.24) is 39.5 Å². The molecule has 0 saturated carbocycles. The smallest absolute Gasteiger partial charge is 0.164 e. The maximum absolute atomic E-state index is 4.81. The van der Waals surface area contributed by atoms with Gasteiger partial charge in [-0.05, 0) is 12.5 Å². The summed E-state index contributed by atoms with van der Waals surface area (Å²) in [7, 11) is 1.89. The monoisotopic (exact) mass is 373 g/mol. The maximum atomic E-state index is 4.81. The van der Waals surface area contributed by atoms with Crippen LogP contribution < -0.4 is 5.32 Å². The predicted molar refractivity (Wildman–Crippen MR) is 107 cm³/mol. The van der Waals surface area contributed by atoms with Gasteiger partial charge in [-0.3, -0.25) is 9.78 Å².